The summed E-state index contributed by atoms with van der Waals surface area (Å²) in [7, 11) is 1.43. The van der Waals surface area contributed by atoms with Gasteiger partial charge in [-0.25, -0.2) is 13.8 Å². The van der Waals surface area contributed by atoms with E-state index in [1.165, 1.54) is 19.2 Å². The highest BCUT2D eigenvalue weighted by Crippen LogP contribution is 2.50. The van der Waals surface area contributed by atoms with Crippen LogP contribution in [0.15, 0.2) is 36.7 Å². The molecule has 3 fully saturated rings. The normalized spacial score (nSPS) is 23.4. The number of H-pyrrole nitrogens is 1. The Balaban J connectivity index is 1.09. The van der Waals surface area contributed by atoms with Crippen LogP contribution in [0.25, 0.3) is 11.3 Å². The van der Waals surface area contributed by atoms with Crippen LogP contribution in [0.1, 0.15) is 41.9 Å². The fourth-order valence-corrected chi connectivity index (χ4v) is 5.85. The first-order valence-electron chi connectivity index (χ1n) is 13.5. The zero-order valence-corrected chi connectivity index (χ0v) is 22.4. The summed E-state index contributed by atoms with van der Waals surface area (Å²) < 4.78 is 34.3. The summed E-state index contributed by atoms with van der Waals surface area (Å²) in [6.07, 6.45) is 4.19. The number of nitrogens with zero attached hydrogens (tertiary/aromatic N) is 5. The number of amides is 2. The van der Waals surface area contributed by atoms with E-state index in [1.54, 1.807) is 11.1 Å². The fourth-order valence-electron chi connectivity index (χ4n) is 5.85. The standard InChI is InChI=1S/C28H31F2N7O3/c1-16-3-4-18(12-31-16)36-14-21(30)24(15-36)33-26(38)17-5-8-37(28(11-17)6-7-28)27(39)23-10-22(34-35-23)19-9-25(40-2)32-13-20(19)29/h3-4,9-10,12-13,17,21,24H,5-8,11,14-15H2,1-2H3,(H,33,38)(H,34,35)/t17?,21-,24-/m1/s1. The number of aromatic amines is 1. The van der Waals surface area contributed by atoms with Crippen molar-refractivity contribution in [1.82, 2.24) is 30.4 Å². The van der Waals surface area contributed by atoms with Gasteiger partial charge in [0.1, 0.15) is 11.9 Å². The summed E-state index contributed by atoms with van der Waals surface area (Å²) >= 11 is 0. The molecular formula is C28H31F2N7O3. The van der Waals surface area contributed by atoms with Crippen LogP contribution in [0.4, 0.5) is 14.5 Å². The number of aryl methyl sites for hydroxylation is 1. The van der Waals surface area contributed by atoms with Gasteiger partial charge in [-0.05, 0) is 50.8 Å². The predicted octanol–water partition coefficient (Wildman–Crippen LogP) is 3.05. The number of nitrogens with one attached hydrogen (secondary N) is 2. The Labute approximate surface area is 230 Å². The van der Waals surface area contributed by atoms with Gasteiger partial charge in [-0.1, -0.05) is 0 Å². The average molecular weight is 552 g/mol. The lowest BCUT2D eigenvalue weighted by atomic mass is 9.87. The third-order valence-electron chi connectivity index (χ3n) is 8.30. The van der Waals surface area contributed by atoms with Crippen molar-refractivity contribution >= 4 is 17.5 Å². The van der Waals surface area contributed by atoms with Gasteiger partial charge in [-0.3, -0.25) is 19.7 Å². The van der Waals surface area contributed by atoms with Crippen LogP contribution >= 0.6 is 0 Å². The van der Waals surface area contributed by atoms with E-state index < -0.39 is 23.6 Å². The van der Waals surface area contributed by atoms with Crippen molar-refractivity contribution < 1.29 is 23.1 Å². The number of anilines is 1. The van der Waals surface area contributed by atoms with Crippen LogP contribution in [0.3, 0.4) is 0 Å². The number of halogens is 2. The first kappa shape index (κ1) is 26.1. The van der Waals surface area contributed by atoms with Crippen LogP contribution in [0.2, 0.25) is 0 Å². The molecule has 6 rings (SSSR count). The highest BCUT2D eigenvalue weighted by atomic mass is 19.1. The molecule has 0 bridgehead atoms. The van der Waals surface area contributed by atoms with E-state index >= 15 is 0 Å². The second-order valence-electron chi connectivity index (χ2n) is 10.9. The van der Waals surface area contributed by atoms with Crippen LogP contribution in [0, 0.1) is 18.7 Å². The largest absolute Gasteiger partial charge is 0.481 e. The average Bonchev–Trinajstić information content (AvgIpc) is 3.36. The van der Waals surface area contributed by atoms with E-state index in [1.807, 2.05) is 24.0 Å². The van der Waals surface area contributed by atoms with Crippen molar-refractivity contribution in [1.29, 1.82) is 0 Å². The van der Waals surface area contributed by atoms with Crippen LogP contribution in [0.5, 0.6) is 5.88 Å². The Morgan fingerprint density at radius 1 is 1.18 bits per heavy atom. The molecule has 1 unspecified atom stereocenters. The Kier molecular flexibility index (Phi) is 6.63. The van der Waals surface area contributed by atoms with Crippen molar-refractivity contribution in [3.8, 4) is 17.1 Å². The van der Waals surface area contributed by atoms with Gasteiger partial charge in [0.05, 0.1) is 43.5 Å². The van der Waals surface area contributed by atoms with E-state index in [-0.39, 0.29) is 47.1 Å². The first-order valence-corrected chi connectivity index (χ1v) is 13.5. The minimum Gasteiger partial charge on any atom is -0.481 e. The monoisotopic (exact) mass is 551 g/mol. The van der Waals surface area contributed by atoms with E-state index in [4.69, 9.17) is 4.74 Å². The van der Waals surface area contributed by atoms with Gasteiger partial charge >= 0.3 is 0 Å². The lowest BCUT2D eigenvalue weighted by Gasteiger charge is -2.39. The number of hydrogen-bond donors (Lipinski definition) is 2. The van der Waals surface area contributed by atoms with Gasteiger partial charge in [-0.2, -0.15) is 5.10 Å². The molecular weight excluding hydrogens is 520 g/mol. The zero-order valence-electron chi connectivity index (χ0n) is 22.4. The third kappa shape index (κ3) is 4.86. The van der Waals surface area contributed by atoms with Crippen molar-refractivity contribution in [2.75, 3.05) is 31.6 Å². The number of carbonyl (C=O) groups is 2. The van der Waals surface area contributed by atoms with Crippen molar-refractivity contribution in [3.05, 3.63) is 53.9 Å². The predicted molar refractivity (Wildman–Crippen MR) is 142 cm³/mol. The summed E-state index contributed by atoms with van der Waals surface area (Å²) in [5.74, 6) is -1.04. The van der Waals surface area contributed by atoms with Crippen LogP contribution in [-0.4, -0.2) is 81.4 Å². The minimum absolute atomic E-state index is 0.166. The van der Waals surface area contributed by atoms with Crippen LogP contribution < -0.4 is 15.0 Å². The van der Waals surface area contributed by atoms with E-state index in [0.29, 0.717) is 25.9 Å². The van der Waals surface area contributed by atoms with Gasteiger partial charge in [0.2, 0.25) is 11.8 Å². The summed E-state index contributed by atoms with van der Waals surface area (Å²) in [5.41, 5.74) is 2.01. The quantitative estimate of drug-likeness (QED) is 0.484. The van der Waals surface area contributed by atoms with Crippen molar-refractivity contribution in [3.63, 3.8) is 0 Å². The molecule has 3 aromatic heterocycles. The Morgan fingerprint density at radius 2 is 2.00 bits per heavy atom. The number of aromatic nitrogens is 4. The molecule has 2 amide bonds. The molecule has 1 aliphatic carbocycles. The Hall–Kier alpha value is -4.09. The second-order valence-corrected chi connectivity index (χ2v) is 10.9. The molecule has 5 heterocycles. The molecule has 12 heteroatoms. The Bertz CT molecular complexity index is 1430. The number of rotatable bonds is 6. The lowest BCUT2D eigenvalue weighted by molar-refractivity contribution is -0.128. The maximum atomic E-state index is 14.9. The molecule has 3 aliphatic rings. The van der Waals surface area contributed by atoms with E-state index in [9.17, 15) is 18.4 Å². The van der Waals surface area contributed by atoms with Crippen molar-refractivity contribution in [2.45, 2.75) is 50.4 Å². The number of hydrogen-bond acceptors (Lipinski definition) is 7. The van der Waals surface area contributed by atoms with Gasteiger partial charge < -0.3 is 19.9 Å². The second kappa shape index (κ2) is 10.1. The molecule has 10 nitrogen and oxygen atoms in total. The smallest absolute Gasteiger partial charge is 0.272 e. The summed E-state index contributed by atoms with van der Waals surface area (Å²) in [6.45, 7) is 2.88. The Morgan fingerprint density at radius 3 is 2.73 bits per heavy atom. The third-order valence-corrected chi connectivity index (χ3v) is 8.30. The van der Waals surface area contributed by atoms with E-state index in [2.05, 4.69) is 25.5 Å². The molecule has 3 atom stereocenters. The number of alkyl halides is 1. The molecule has 1 saturated carbocycles. The molecule has 0 aromatic carbocycles. The van der Waals surface area contributed by atoms with Gasteiger partial charge in [0, 0.05) is 41.9 Å². The molecule has 0 radical (unpaired) electrons. The number of ether oxygens (including phenoxy) is 1. The van der Waals surface area contributed by atoms with Gasteiger partial charge in [0.15, 0.2) is 5.82 Å². The molecule has 210 valence electrons. The fraction of sp³-hybridized carbons (Fsp3) is 0.464. The minimum atomic E-state index is -1.18. The number of carbonyl (C=O) groups excluding carboxylic acids is 2. The number of likely N-dealkylation sites (tertiary alicyclic amines) is 1. The van der Waals surface area contributed by atoms with Gasteiger partial charge in [0.25, 0.3) is 5.91 Å². The molecule has 1 spiro atoms. The topological polar surface area (TPSA) is 116 Å². The first-order chi connectivity index (χ1) is 19.3. The number of piperidine rings is 1. The lowest BCUT2D eigenvalue weighted by Crippen LogP contribution is -2.52. The molecule has 40 heavy (non-hydrogen) atoms. The maximum absolute atomic E-state index is 14.9. The number of pyridine rings is 2. The maximum Gasteiger partial charge on any atom is 0.272 e. The van der Waals surface area contributed by atoms with Gasteiger partial charge in [-0.15, -0.1) is 0 Å². The summed E-state index contributed by atoms with van der Waals surface area (Å²) in [6, 6.07) is 6.15. The molecule has 2 saturated heterocycles. The zero-order chi connectivity index (χ0) is 28.0. The molecule has 2 aliphatic heterocycles. The summed E-state index contributed by atoms with van der Waals surface area (Å²) in [4.78, 5) is 38.5. The highest BCUT2D eigenvalue weighted by Gasteiger charge is 2.55. The highest BCUT2D eigenvalue weighted by molar-refractivity contribution is 5.94. The SMILES string of the molecule is COc1cc(-c2cc(C(=O)N3CCC(C(=O)N[C@@H]4CN(c5ccc(C)nc5)C[C@H]4F)CC34CC4)[nH]n2)c(F)cn1. The number of methoxy groups -OCH3 is 1. The van der Waals surface area contributed by atoms with Crippen LogP contribution in [-0.2, 0) is 4.79 Å². The molecule has 3 aromatic rings. The van der Waals surface area contributed by atoms with E-state index in [0.717, 1.165) is 30.4 Å². The van der Waals surface area contributed by atoms with Crippen molar-refractivity contribution in [2.24, 2.45) is 5.92 Å². The summed E-state index contributed by atoms with van der Waals surface area (Å²) in [5, 5.41) is 9.82. The molecule has 2 N–H and O–H groups in total.